The minimum atomic E-state index is -4.75. The van der Waals surface area contributed by atoms with Crippen molar-refractivity contribution < 1.29 is 19.1 Å². The standard InChI is InChI=1S/C14H15N2O4P/c17-14(21(18,19)20)9-13-8-12(15-10-16-13)7-6-11-4-2-1-3-5-11/h1-5,8-10H,6-7H2,(H,15,16)(H2,18,19,20)/b13-9-. The van der Waals surface area contributed by atoms with Crippen LogP contribution >= 0.6 is 7.60 Å². The zero-order valence-electron chi connectivity index (χ0n) is 11.1. The largest absolute Gasteiger partial charge is 0.395 e. The van der Waals surface area contributed by atoms with Crippen LogP contribution in [0.1, 0.15) is 12.0 Å². The fraction of sp³-hybridized carbons (Fsp3) is 0.143. The van der Waals surface area contributed by atoms with Crippen LogP contribution in [-0.2, 0) is 15.8 Å². The van der Waals surface area contributed by atoms with E-state index in [1.165, 1.54) is 11.9 Å². The number of nitrogens with one attached hydrogen (secondary N) is 1. The third-order valence-corrected chi connectivity index (χ3v) is 3.57. The lowest BCUT2D eigenvalue weighted by Gasteiger charge is -2.12. The SMILES string of the molecule is O=C(/C=C1/C=C(CCc2ccccc2)NC=N1)P(=O)(O)O. The summed E-state index contributed by atoms with van der Waals surface area (Å²) >= 11 is 0. The molecular weight excluding hydrogens is 291 g/mol. The molecule has 0 radical (unpaired) electrons. The lowest BCUT2D eigenvalue weighted by Crippen LogP contribution is -2.15. The molecule has 0 saturated heterocycles. The first-order chi connectivity index (χ1) is 9.95. The van der Waals surface area contributed by atoms with Gasteiger partial charge in [0.25, 0.3) is 5.52 Å². The summed E-state index contributed by atoms with van der Waals surface area (Å²) in [5, 5.41) is 2.95. The van der Waals surface area contributed by atoms with Gasteiger partial charge < -0.3 is 15.1 Å². The Kier molecular flexibility index (Phi) is 4.85. The monoisotopic (exact) mass is 306 g/mol. The van der Waals surface area contributed by atoms with E-state index in [-0.39, 0.29) is 5.70 Å². The normalized spacial score (nSPS) is 16.5. The van der Waals surface area contributed by atoms with Crippen molar-refractivity contribution in [3.63, 3.8) is 0 Å². The molecule has 1 aromatic rings. The molecule has 3 N–H and O–H groups in total. The molecule has 21 heavy (non-hydrogen) atoms. The summed E-state index contributed by atoms with van der Waals surface area (Å²) in [6.07, 6.45) is 5.39. The highest BCUT2D eigenvalue weighted by Crippen LogP contribution is 2.36. The molecule has 0 atom stereocenters. The highest BCUT2D eigenvalue weighted by molar-refractivity contribution is 7.70. The van der Waals surface area contributed by atoms with Crippen molar-refractivity contribution in [3.8, 4) is 0 Å². The Morgan fingerprint density at radius 3 is 2.62 bits per heavy atom. The van der Waals surface area contributed by atoms with Crippen molar-refractivity contribution in [3.05, 3.63) is 59.4 Å². The van der Waals surface area contributed by atoms with Crippen LogP contribution in [0.4, 0.5) is 0 Å². The second-order valence-electron chi connectivity index (χ2n) is 4.51. The first kappa shape index (κ1) is 15.4. The van der Waals surface area contributed by atoms with Crippen LogP contribution in [0.2, 0.25) is 0 Å². The number of hydrogen-bond acceptors (Lipinski definition) is 4. The average molecular weight is 306 g/mol. The molecule has 6 nitrogen and oxygen atoms in total. The van der Waals surface area contributed by atoms with Gasteiger partial charge in [0.2, 0.25) is 0 Å². The molecule has 7 heteroatoms. The zero-order valence-corrected chi connectivity index (χ0v) is 12.0. The maximum Gasteiger partial charge on any atom is 0.395 e. The number of benzene rings is 1. The molecule has 0 bridgehead atoms. The van der Waals surface area contributed by atoms with E-state index in [4.69, 9.17) is 9.79 Å². The topological polar surface area (TPSA) is 99.0 Å². The second kappa shape index (κ2) is 6.63. The minimum absolute atomic E-state index is 0.227. The van der Waals surface area contributed by atoms with Gasteiger partial charge in [0.1, 0.15) is 0 Å². The molecule has 0 fully saturated rings. The number of rotatable bonds is 5. The number of carbonyl (C=O) groups is 1. The number of aryl methyl sites for hydroxylation is 1. The average Bonchev–Trinajstić information content (AvgIpc) is 2.46. The molecule has 0 spiro atoms. The van der Waals surface area contributed by atoms with Crippen molar-refractivity contribution in [1.82, 2.24) is 5.32 Å². The summed E-state index contributed by atoms with van der Waals surface area (Å²) in [7, 11) is -4.75. The van der Waals surface area contributed by atoms with E-state index < -0.39 is 13.1 Å². The van der Waals surface area contributed by atoms with E-state index >= 15 is 0 Å². The molecule has 2 rings (SSSR count). The van der Waals surface area contributed by atoms with Crippen LogP contribution in [0.15, 0.2) is 58.9 Å². The molecule has 110 valence electrons. The number of nitrogens with zero attached hydrogens (tertiary/aromatic N) is 1. The predicted molar refractivity (Wildman–Crippen MR) is 79.6 cm³/mol. The lowest BCUT2D eigenvalue weighted by molar-refractivity contribution is -0.109. The number of hydrogen-bond donors (Lipinski definition) is 3. The summed E-state index contributed by atoms with van der Waals surface area (Å²) in [5.74, 6) is 0. The Hall–Kier alpha value is -2.01. The van der Waals surface area contributed by atoms with Crippen LogP contribution in [0.5, 0.6) is 0 Å². The highest BCUT2D eigenvalue weighted by atomic mass is 31.2. The van der Waals surface area contributed by atoms with Gasteiger partial charge in [-0.05, 0) is 24.5 Å². The van der Waals surface area contributed by atoms with Gasteiger partial charge in [0.05, 0.1) is 12.0 Å². The smallest absolute Gasteiger partial charge is 0.350 e. The van der Waals surface area contributed by atoms with Gasteiger partial charge in [-0.2, -0.15) is 0 Å². The minimum Gasteiger partial charge on any atom is -0.350 e. The Morgan fingerprint density at radius 1 is 1.24 bits per heavy atom. The maximum absolute atomic E-state index is 11.3. The number of aliphatic imine (C=N–C) groups is 1. The van der Waals surface area contributed by atoms with Gasteiger partial charge in [-0.1, -0.05) is 30.3 Å². The van der Waals surface area contributed by atoms with E-state index in [0.717, 1.165) is 18.2 Å². The van der Waals surface area contributed by atoms with Gasteiger partial charge >= 0.3 is 7.60 Å². The number of carbonyl (C=O) groups excluding carboxylic acids is 1. The van der Waals surface area contributed by atoms with Gasteiger partial charge in [0, 0.05) is 11.8 Å². The lowest BCUT2D eigenvalue weighted by atomic mass is 10.1. The van der Waals surface area contributed by atoms with Crippen LogP contribution in [0, 0.1) is 0 Å². The maximum atomic E-state index is 11.3. The Labute approximate surface area is 122 Å². The van der Waals surface area contributed by atoms with Gasteiger partial charge in [-0.25, -0.2) is 4.99 Å². The van der Waals surface area contributed by atoms with E-state index in [2.05, 4.69) is 10.3 Å². The first-order valence-electron chi connectivity index (χ1n) is 6.30. The van der Waals surface area contributed by atoms with Gasteiger partial charge in [0.15, 0.2) is 0 Å². The van der Waals surface area contributed by atoms with Crippen molar-refractivity contribution >= 4 is 19.5 Å². The Morgan fingerprint density at radius 2 is 1.95 bits per heavy atom. The molecule has 1 aliphatic heterocycles. The van der Waals surface area contributed by atoms with Crippen molar-refractivity contribution in [1.29, 1.82) is 0 Å². The Balaban J connectivity index is 2.03. The molecule has 1 aromatic carbocycles. The van der Waals surface area contributed by atoms with Crippen LogP contribution in [-0.4, -0.2) is 21.6 Å². The third kappa shape index (κ3) is 4.79. The summed E-state index contributed by atoms with van der Waals surface area (Å²) < 4.78 is 10.8. The van der Waals surface area contributed by atoms with Gasteiger partial charge in [-0.3, -0.25) is 9.36 Å². The van der Waals surface area contributed by atoms with Crippen LogP contribution in [0.25, 0.3) is 0 Å². The summed E-state index contributed by atoms with van der Waals surface area (Å²) in [6, 6.07) is 9.91. The summed E-state index contributed by atoms with van der Waals surface area (Å²) in [4.78, 5) is 32.7. The van der Waals surface area contributed by atoms with E-state index in [1.807, 2.05) is 30.3 Å². The molecule has 0 unspecified atom stereocenters. The fourth-order valence-corrected chi connectivity index (χ4v) is 2.11. The van der Waals surface area contributed by atoms with E-state index in [1.54, 1.807) is 6.08 Å². The molecular formula is C14H15N2O4P. The highest BCUT2D eigenvalue weighted by Gasteiger charge is 2.23. The third-order valence-electron chi connectivity index (χ3n) is 2.87. The number of allylic oxidation sites excluding steroid dienone is 3. The first-order valence-corrected chi connectivity index (χ1v) is 7.92. The molecule has 0 aliphatic carbocycles. The molecule has 1 heterocycles. The van der Waals surface area contributed by atoms with E-state index in [0.29, 0.717) is 6.42 Å². The molecule has 0 saturated carbocycles. The van der Waals surface area contributed by atoms with E-state index in [9.17, 15) is 9.36 Å². The van der Waals surface area contributed by atoms with Gasteiger partial charge in [-0.15, -0.1) is 0 Å². The summed E-state index contributed by atoms with van der Waals surface area (Å²) in [5.41, 5.74) is 0.999. The van der Waals surface area contributed by atoms with Crippen molar-refractivity contribution in [2.75, 3.05) is 0 Å². The fourth-order valence-electron chi connectivity index (χ4n) is 1.80. The molecule has 0 aromatic heterocycles. The summed E-state index contributed by atoms with van der Waals surface area (Å²) in [6.45, 7) is 0. The quantitative estimate of drug-likeness (QED) is 0.568. The van der Waals surface area contributed by atoms with Crippen LogP contribution < -0.4 is 5.32 Å². The predicted octanol–water partition coefficient (Wildman–Crippen LogP) is 1.72. The van der Waals surface area contributed by atoms with Crippen molar-refractivity contribution in [2.45, 2.75) is 12.8 Å². The van der Waals surface area contributed by atoms with Crippen LogP contribution in [0.3, 0.4) is 0 Å². The molecule has 1 aliphatic rings. The van der Waals surface area contributed by atoms with Crippen molar-refractivity contribution in [2.24, 2.45) is 4.99 Å². The Bertz CT molecular complexity index is 659. The molecule has 0 amide bonds. The zero-order chi connectivity index (χ0) is 15.3. The second-order valence-corrected chi connectivity index (χ2v) is 6.04.